The Kier molecular flexibility index (Phi) is 5.81. The van der Waals surface area contributed by atoms with Gasteiger partial charge in [-0.15, -0.1) is 0 Å². The molecule has 3 heterocycles. The molecular formula is C22H21ClN4O3. The maximum atomic E-state index is 12.8. The molecule has 0 spiro atoms. The molecule has 7 nitrogen and oxygen atoms in total. The average Bonchev–Trinajstić information content (AvgIpc) is 3.25. The highest BCUT2D eigenvalue weighted by molar-refractivity contribution is 6.30. The van der Waals surface area contributed by atoms with Crippen molar-refractivity contribution in [3.63, 3.8) is 0 Å². The number of nitrogens with zero attached hydrogens (tertiary/aromatic N) is 3. The zero-order chi connectivity index (χ0) is 21.1. The standard InChI is InChI=1S/C22H21ClN4O3/c1-14-5-6-20(24-13-14)25-21(28)15-7-9-27(10-8-15)22(29)18-12-19(30-26-18)16-3-2-4-17(23)11-16/h2-6,11-13,15H,7-10H2,1H3,(H,24,25,28). The molecule has 1 saturated heterocycles. The van der Waals surface area contributed by atoms with E-state index in [0.717, 1.165) is 11.1 Å². The van der Waals surface area contributed by atoms with Crippen molar-refractivity contribution in [2.24, 2.45) is 5.92 Å². The molecular weight excluding hydrogens is 404 g/mol. The summed E-state index contributed by atoms with van der Waals surface area (Å²) in [5, 5.41) is 7.35. The molecule has 0 atom stereocenters. The molecule has 0 aliphatic carbocycles. The lowest BCUT2D eigenvalue weighted by Crippen LogP contribution is -2.41. The number of hydrogen-bond acceptors (Lipinski definition) is 5. The van der Waals surface area contributed by atoms with Crippen molar-refractivity contribution in [1.82, 2.24) is 15.0 Å². The molecule has 1 fully saturated rings. The highest BCUT2D eigenvalue weighted by atomic mass is 35.5. The van der Waals surface area contributed by atoms with Gasteiger partial charge in [0.05, 0.1) is 0 Å². The molecule has 2 aromatic heterocycles. The second kappa shape index (κ2) is 8.67. The van der Waals surface area contributed by atoms with E-state index in [0.29, 0.717) is 42.5 Å². The average molecular weight is 425 g/mol. The van der Waals surface area contributed by atoms with Gasteiger partial charge in [0.25, 0.3) is 5.91 Å². The van der Waals surface area contributed by atoms with Gasteiger partial charge >= 0.3 is 0 Å². The Morgan fingerprint density at radius 1 is 1.17 bits per heavy atom. The summed E-state index contributed by atoms with van der Waals surface area (Å²) in [6.45, 7) is 2.91. The number of benzene rings is 1. The number of aryl methyl sites for hydroxylation is 1. The predicted molar refractivity (Wildman–Crippen MR) is 113 cm³/mol. The van der Waals surface area contributed by atoms with E-state index < -0.39 is 0 Å². The number of anilines is 1. The summed E-state index contributed by atoms with van der Waals surface area (Å²) in [5.41, 5.74) is 2.04. The fourth-order valence-electron chi connectivity index (χ4n) is 3.43. The highest BCUT2D eigenvalue weighted by Gasteiger charge is 2.29. The van der Waals surface area contributed by atoms with Crippen molar-refractivity contribution in [2.45, 2.75) is 19.8 Å². The summed E-state index contributed by atoms with van der Waals surface area (Å²) in [5.74, 6) is 0.603. The lowest BCUT2D eigenvalue weighted by Gasteiger charge is -2.30. The Morgan fingerprint density at radius 3 is 2.67 bits per heavy atom. The van der Waals surface area contributed by atoms with Gasteiger partial charge in [-0.05, 0) is 43.5 Å². The number of piperidine rings is 1. The Labute approximate surface area is 179 Å². The first-order valence-electron chi connectivity index (χ1n) is 9.75. The van der Waals surface area contributed by atoms with Gasteiger partial charge in [-0.3, -0.25) is 9.59 Å². The predicted octanol–water partition coefficient (Wildman–Crippen LogP) is 4.19. The van der Waals surface area contributed by atoms with Crippen molar-refractivity contribution in [1.29, 1.82) is 0 Å². The summed E-state index contributed by atoms with van der Waals surface area (Å²) in [4.78, 5) is 31.2. The summed E-state index contributed by atoms with van der Waals surface area (Å²) >= 11 is 6.01. The maximum absolute atomic E-state index is 12.8. The zero-order valence-corrected chi connectivity index (χ0v) is 17.2. The first-order valence-corrected chi connectivity index (χ1v) is 10.1. The van der Waals surface area contributed by atoms with Crippen LogP contribution in [0.5, 0.6) is 0 Å². The maximum Gasteiger partial charge on any atom is 0.276 e. The Balaban J connectivity index is 1.34. The molecule has 3 aromatic rings. The van der Waals surface area contributed by atoms with E-state index in [1.165, 1.54) is 0 Å². The number of likely N-dealkylation sites (tertiary alicyclic amines) is 1. The van der Waals surface area contributed by atoms with E-state index in [-0.39, 0.29) is 23.4 Å². The first-order chi connectivity index (χ1) is 14.5. The van der Waals surface area contributed by atoms with Crippen molar-refractivity contribution < 1.29 is 14.1 Å². The number of hydrogen-bond donors (Lipinski definition) is 1. The van der Waals surface area contributed by atoms with Crippen molar-refractivity contribution >= 4 is 29.2 Å². The fraction of sp³-hybridized carbons (Fsp3) is 0.273. The lowest BCUT2D eigenvalue weighted by molar-refractivity contribution is -0.121. The summed E-state index contributed by atoms with van der Waals surface area (Å²) in [7, 11) is 0. The molecule has 1 aliphatic heterocycles. The zero-order valence-electron chi connectivity index (χ0n) is 16.5. The fourth-order valence-corrected chi connectivity index (χ4v) is 3.62. The van der Waals surface area contributed by atoms with Crippen molar-refractivity contribution in [2.75, 3.05) is 18.4 Å². The van der Waals surface area contributed by atoms with E-state index >= 15 is 0 Å². The quantitative estimate of drug-likeness (QED) is 0.678. The largest absolute Gasteiger partial charge is 0.355 e. The highest BCUT2D eigenvalue weighted by Crippen LogP contribution is 2.25. The van der Waals surface area contributed by atoms with Gasteiger partial charge in [0.2, 0.25) is 5.91 Å². The summed E-state index contributed by atoms with van der Waals surface area (Å²) < 4.78 is 5.32. The number of halogens is 1. The van der Waals surface area contributed by atoms with Crippen LogP contribution in [0.25, 0.3) is 11.3 Å². The molecule has 1 N–H and O–H groups in total. The molecule has 1 aliphatic rings. The molecule has 4 rings (SSSR count). The molecule has 1 aromatic carbocycles. The topological polar surface area (TPSA) is 88.3 Å². The Morgan fingerprint density at radius 2 is 1.97 bits per heavy atom. The van der Waals surface area contributed by atoms with Crippen LogP contribution in [0.15, 0.2) is 53.2 Å². The molecule has 2 amide bonds. The van der Waals surface area contributed by atoms with Crippen LogP contribution in [-0.4, -0.2) is 39.9 Å². The smallest absolute Gasteiger partial charge is 0.276 e. The van der Waals surface area contributed by atoms with Gasteiger partial charge in [-0.2, -0.15) is 0 Å². The first kappa shape index (κ1) is 20.1. The van der Waals surface area contributed by atoms with Crippen LogP contribution < -0.4 is 5.32 Å². The van der Waals surface area contributed by atoms with Gasteiger partial charge < -0.3 is 14.7 Å². The number of pyridine rings is 1. The number of amides is 2. The third-order valence-corrected chi connectivity index (χ3v) is 5.39. The summed E-state index contributed by atoms with van der Waals surface area (Å²) in [6.07, 6.45) is 2.89. The number of aromatic nitrogens is 2. The monoisotopic (exact) mass is 424 g/mol. The van der Waals surface area contributed by atoms with Crippen LogP contribution in [-0.2, 0) is 4.79 Å². The SMILES string of the molecule is Cc1ccc(NC(=O)C2CCN(C(=O)c3cc(-c4cccc(Cl)c4)on3)CC2)nc1. The van der Waals surface area contributed by atoms with Crippen LogP contribution in [0.4, 0.5) is 5.82 Å². The minimum Gasteiger partial charge on any atom is -0.355 e. The van der Waals surface area contributed by atoms with Crippen LogP contribution in [0.3, 0.4) is 0 Å². The normalized spacial score (nSPS) is 14.5. The molecule has 0 unspecified atom stereocenters. The number of rotatable bonds is 4. The molecule has 30 heavy (non-hydrogen) atoms. The second-order valence-corrected chi connectivity index (χ2v) is 7.80. The van der Waals surface area contributed by atoms with Gasteiger partial charge in [-0.1, -0.05) is 35.0 Å². The van der Waals surface area contributed by atoms with E-state index in [2.05, 4.69) is 15.5 Å². The van der Waals surface area contributed by atoms with Gasteiger partial charge in [-0.25, -0.2) is 4.98 Å². The van der Waals surface area contributed by atoms with E-state index in [1.54, 1.807) is 35.4 Å². The minimum absolute atomic E-state index is 0.0665. The van der Waals surface area contributed by atoms with Crippen LogP contribution in [0.2, 0.25) is 5.02 Å². The van der Waals surface area contributed by atoms with Crippen molar-refractivity contribution in [3.8, 4) is 11.3 Å². The Bertz CT molecular complexity index is 1060. The van der Waals surface area contributed by atoms with Crippen molar-refractivity contribution in [3.05, 3.63) is 64.9 Å². The molecule has 154 valence electrons. The molecule has 0 radical (unpaired) electrons. The molecule has 0 saturated carbocycles. The minimum atomic E-state index is -0.203. The van der Waals surface area contributed by atoms with Crippen LogP contribution in [0, 0.1) is 12.8 Å². The molecule has 0 bridgehead atoms. The van der Waals surface area contributed by atoms with Gasteiger partial charge in [0.1, 0.15) is 5.82 Å². The van der Waals surface area contributed by atoms with Gasteiger partial charge in [0, 0.05) is 41.9 Å². The molecule has 8 heteroatoms. The third kappa shape index (κ3) is 4.52. The lowest BCUT2D eigenvalue weighted by atomic mass is 9.95. The number of carbonyl (C=O) groups excluding carboxylic acids is 2. The number of carbonyl (C=O) groups is 2. The summed E-state index contributed by atoms with van der Waals surface area (Å²) in [6, 6.07) is 12.5. The Hall–Kier alpha value is -3.19. The second-order valence-electron chi connectivity index (χ2n) is 7.36. The van der Waals surface area contributed by atoms with E-state index in [9.17, 15) is 9.59 Å². The number of nitrogens with one attached hydrogen (secondary N) is 1. The van der Waals surface area contributed by atoms with Crippen LogP contribution >= 0.6 is 11.6 Å². The van der Waals surface area contributed by atoms with Crippen LogP contribution in [0.1, 0.15) is 28.9 Å². The third-order valence-electron chi connectivity index (χ3n) is 5.15. The van der Waals surface area contributed by atoms with E-state index in [4.69, 9.17) is 16.1 Å². The van der Waals surface area contributed by atoms with Gasteiger partial charge in [0.15, 0.2) is 11.5 Å². The van der Waals surface area contributed by atoms with E-state index in [1.807, 2.05) is 25.1 Å².